The van der Waals surface area contributed by atoms with E-state index in [-0.39, 0.29) is 39.2 Å². The van der Waals surface area contributed by atoms with Gasteiger partial charge < -0.3 is 15.4 Å². The van der Waals surface area contributed by atoms with Crippen LogP contribution < -0.4 is 5.32 Å². The Balaban J connectivity index is 1.50. The molecule has 2 atom stereocenters. The molecule has 0 radical (unpaired) electrons. The van der Waals surface area contributed by atoms with Crippen molar-refractivity contribution in [1.82, 2.24) is 24.9 Å². The fourth-order valence-corrected chi connectivity index (χ4v) is 6.33. The van der Waals surface area contributed by atoms with Crippen LogP contribution in [0.4, 0.5) is 14.6 Å². The Hall–Kier alpha value is -3.18. The van der Waals surface area contributed by atoms with Crippen molar-refractivity contribution < 1.29 is 18.7 Å². The number of carbonyl (C=O) groups is 1. The standard InChI is InChI=1S/C23H19ClF2N6O2S/c24-13-8-28-22-18(29-13)11(7-27-22)20-31-19(12-5-6-14(25)35-12)16(26)21(32-20)30-17-10-3-1-9(2-4-10)15(17)23(33)34/h5-10,15,17H,1-4H2,(H,27,28)(H,33,34)(H,30,31,32)/t9?,10?,15-,17-/m0/s1. The van der Waals surface area contributed by atoms with Crippen LogP contribution in [0.2, 0.25) is 5.15 Å². The van der Waals surface area contributed by atoms with Crippen LogP contribution in [0.3, 0.4) is 0 Å². The molecule has 4 heterocycles. The summed E-state index contributed by atoms with van der Waals surface area (Å²) >= 11 is 6.80. The summed E-state index contributed by atoms with van der Waals surface area (Å²) in [5, 5.41) is 12.7. The summed E-state index contributed by atoms with van der Waals surface area (Å²) in [6.45, 7) is 0. The molecule has 0 amide bonds. The first-order valence-corrected chi connectivity index (χ1v) is 12.4. The number of aliphatic carboxylic acids is 1. The predicted octanol–water partition coefficient (Wildman–Crippen LogP) is 5.38. The first-order chi connectivity index (χ1) is 16.9. The summed E-state index contributed by atoms with van der Waals surface area (Å²) in [6, 6.07) is 2.22. The third-order valence-electron chi connectivity index (χ3n) is 7.06. The molecule has 0 saturated heterocycles. The van der Waals surface area contributed by atoms with Gasteiger partial charge in [0, 0.05) is 12.2 Å². The third-order valence-corrected chi connectivity index (χ3v) is 8.12. The summed E-state index contributed by atoms with van der Waals surface area (Å²) in [5.74, 6) is -2.14. The first-order valence-electron chi connectivity index (χ1n) is 11.2. The van der Waals surface area contributed by atoms with Crippen molar-refractivity contribution in [2.75, 3.05) is 5.32 Å². The molecule has 3 aliphatic carbocycles. The Morgan fingerprint density at radius 1 is 1.14 bits per heavy atom. The topological polar surface area (TPSA) is 117 Å². The number of halogens is 3. The maximum absolute atomic E-state index is 15.8. The van der Waals surface area contributed by atoms with Crippen LogP contribution in [0, 0.1) is 28.7 Å². The van der Waals surface area contributed by atoms with Gasteiger partial charge in [-0.1, -0.05) is 11.6 Å². The summed E-state index contributed by atoms with van der Waals surface area (Å²) in [6.07, 6.45) is 6.46. The van der Waals surface area contributed by atoms with Crippen LogP contribution >= 0.6 is 22.9 Å². The zero-order valence-electron chi connectivity index (χ0n) is 18.1. The molecular weight excluding hydrogens is 498 g/mol. The van der Waals surface area contributed by atoms with Crippen LogP contribution in [0.25, 0.3) is 33.1 Å². The van der Waals surface area contributed by atoms with Gasteiger partial charge in [0.15, 0.2) is 28.2 Å². The molecule has 4 aromatic rings. The van der Waals surface area contributed by atoms with E-state index < -0.39 is 28.9 Å². The van der Waals surface area contributed by atoms with Crippen molar-refractivity contribution in [1.29, 1.82) is 0 Å². The molecule has 12 heteroatoms. The normalized spacial score (nSPS) is 23.6. The van der Waals surface area contributed by atoms with Crippen LogP contribution in [-0.4, -0.2) is 42.0 Å². The van der Waals surface area contributed by atoms with Crippen molar-refractivity contribution in [3.05, 3.63) is 40.6 Å². The fourth-order valence-electron chi connectivity index (χ4n) is 5.48. The van der Waals surface area contributed by atoms with E-state index in [4.69, 9.17) is 11.6 Å². The number of H-pyrrole nitrogens is 1. The molecule has 7 rings (SSSR count). The van der Waals surface area contributed by atoms with Gasteiger partial charge in [-0.2, -0.15) is 4.39 Å². The van der Waals surface area contributed by atoms with Gasteiger partial charge in [0.25, 0.3) is 0 Å². The van der Waals surface area contributed by atoms with Gasteiger partial charge in [0.2, 0.25) is 0 Å². The number of carboxylic acid groups (broad SMARTS) is 1. The smallest absolute Gasteiger partial charge is 0.308 e. The van der Waals surface area contributed by atoms with E-state index in [0.29, 0.717) is 16.7 Å². The van der Waals surface area contributed by atoms with Gasteiger partial charge in [-0.15, -0.1) is 11.3 Å². The molecular formula is C23H19ClF2N6O2S. The Labute approximate surface area is 206 Å². The van der Waals surface area contributed by atoms with E-state index >= 15 is 4.39 Å². The maximum Gasteiger partial charge on any atom is 0.308 e. The summed E-state index contributed by atoms with van der Waals surface area (Å²) in [4.78, 5) is 32.7. The van der Waals surface area contributed by atoms with Crippen molar-refractivity contribution >= 4 is 45.9 Å². The second-order valence-corrected chi connectivity index (χ2v) is 10.4. The second-order valence-electron chi connectivity index (χ2n) is 8.96. The molecule has 3 N–H and O–H groups in total. The molecule has 3 fully saturated rings. The molecule has 8 nitrogen and oxygen atoms in total. The predicted molar refractivity (Wildman–Crippen MR) is 127 cm³/mol. The highest BCUT2D eigenvalue weighted by molar-refractivity contribution is 7.13. The number of aromatic nitrogens is 5. The molecule has 0 spiro atoms. The number of anilines is 1. The van der Waals surface area contributed by atoms with E-state index in [1.165, 1.54) is 18.3 Å². The molecule has 4 aromatic heterocycles. The Kier molecular flexibility index (Phi) is 5.41. The number of hydrogen-bond acceptors (Lipinski definition) is 7. The molecule has 0 unspecified atom stereocenters. The molecule has 3 aliphatic rings. The van der Waals surface area contributed by atoms with E-state index in [1.54, 1.807) is 6.20 Å². The van der Waals surface area contributed by atoms with E-state index in [1.807, 2.05) is 0 Å². The van der Waals surface area contributed by atoms with Gasteiger partial charge >= 0.3 is 5.97 Å². The molecule has 2 bridgehead atoms. The van der Waals surface area contributed by atoms with Crippen LogP contribution in [0.15, 0.2) is 24.5 Å². The van der Waals surface area contributed by atoms with E-state index in [9.17, 15) is 14.3 Å². The molecule has 180 valence electrons. The zero-order valence-corrected chi connectivity index (χ0v) is 19.7. The first kappa shape index (κ1) is 22.3. The minimum atomic E-state index is -0.895. The SMILES string of the molecule is O=C(O)[C@H]1C2CCC(CC2)[C@@H]1Nc1nc(-c2c[nH]c3ncc(Cl)nc23)nc(-c2ccc(F)s2)c1F. The average Bonchev–Trinajstić information content (AvgIpc) is 3.46. The number of hydrogen-bond donors (Lipinski definition) is 3. The van der Waals surface area contributed by atoms with Crippen LogP contribution in [0.5, 0.6) is 0 Å². The van der Waals surface area contributed by atoms with Crippen molar-refractivity contribution in [3.63, 3.8) is 0 Å². The molecule has 35 heavy (non-hydrogen) atoms. The van der Waals surface area contributed by atoms with Gasteiger partial charge in [-0.05, 0) is 49.7 Å². The molecule has 0 aromatic carbocycles. The Morgan fingerprint density at radius 2 is 1.91 bits per heavy atom. The van der Waals surface area contributed by atoms with E-state index in [0.717, 1.165) is 37.0 Å². The minimum absolute atomic E-state index is 0.0382. The lowest BCUT2D eigenvalue weighted by molar-refractivity contribution is -0.148. The van der Waals surface area contributed by atoms with Crippen LogP contribution in [-0.2, 0) is 4.79 Å². The number of nitrogens with one attached hydrogen (secondary N) is 2. The summed E-state index contributed by atoms with van der Waals surface area (Å²) in [7, 11) is 0. The number of fused-ring (bicyclic) bond motifs is 4. The van der Waals surface area contributed by atoms with E-state index in [2.05, 4.69) is 30.2 Å². The lowest BCUT2D eigenvalue weighted by Gasteiger charge is -2.47. The zero-order chi connectivity index (χ0) is 24.3. The maximum atomic E-state index is 15.8. The summed E-state index contributed by atoms with van der Waals surface area (Å²) in [5.41, 5.74) is 1.21. The molecule has 3 saturated carbocycles. The average molecular weight is 517 g/mol. The fraction of sp³-hybridized carbons (Fsp3) is 0.348. The van der Waals surface area contributed by atoms with Gasteiger partial charge in [0.05, 0.1) is 22.6 Å². The number of rotatable bonds is 5. The highest BCUT2D eigenvalue weighted by atomic mass is 35.5. The Morgan fingerprint density at radius 3 is 2.63 bits per heavy atom. The van der Waals surface area contributed by atoms with Gasteiger partial charge in [-0.3, -0.25) is 4.79 Å². The van der Waals surface area contributed by atoms with Crippen molar-refractivity contribution in [2.24, 2.45) is 17.8 Å². The highest BCUT2D eigenvalue weighted by Crippen LogP contribution is 2.47. The number of aromatic amines is 1. The number of nitrogens with zero attached hydrogens (tertiary/aromatic N) is 4. The lowest BCUT2D eigenvalue weighted by atomic mass is 9.61. The van der Waals surface area contributed by atoms with Gasteiger partial charge in [0.1, 0.15) is 16.4 Å². The quantitative estimate of drug-likeness (QED) is 0.326. The lowest BCUT2D eigenvalue weighted by Crippen LogP contribution is -2.51. The monoisotopic (exact) mass is 516 g/mol. The number of thiophene rings is 1. The number of carboxylic acids is 1. The highest BCUT2D eigenvalue weighted by Gasteiger charge is 2.47. The largest absolute Gasteiger partial charge is 0.481 e. The van der Waals surface area contributed by atoms with Crippen LogP contribution in [0.1, 0.15) is 25.7 Å². The van der Waals surface area contributed by atoms with Crippen molar-refractivity contribution in [3.8, 4) is 22.0 Å². The molecule has 0 aliphatic heterocycles. The van der Waals surface area contributed by atoms with Gasteiger partial charge in [-0.25, -0.2) is 24.3 Å². The Bertz CT molecular complexity index is 1450. The third kappa shape index (κ3) is 3.82. The van der Waals surface area contributed by atoms with Crippen molar-refractivity contribution in [2.45, 2.75) is 31.7 Å². The minimum Gasteiger partial charge on any atom is -0.481 e. The second kappa shape index (κ2) is 8.49. The summed E-state index contributed by atoms with van der Waals surface area (Å²) < 4.78 is 29.6.